The average Bonchev–Trinajstić information content (AvgIpc) is 2.66. The first kappa shape index (κ1) is 28.6. The van der Waals surface area contributed by atoms with Crippen molar-refractivity contribution in [3.05, 3.63) is 71.2 Å². The zero-order valence-corrected chi connectivity index (χ0v) is 19.9. The van der Waals surface area contributed by atoms with Crippen LogP contribution in [0.2, 0.25) is 0 Å². The summed E-state index contributed by atoms with van der Waals surface area (Å²) in [5, 5.41) is -0.542. The van der Waals surface area contributed by atoms with Gasteiger partial charge in [-0.3, -0.25) is 4.55 Å². The molecule has 2 heterocycles. The molecule has 14 heteroatoms. The molecular formula is C19H14F6IrN3O3S-. The van der Waals surface area contributed by atoms with Crippen LogP contribution in [0.5, 0.6) is 0 Å². The van der Waals surface area contributed by atoms with Crippen molar-refractivity contribution in [1.29, 1.82) is 0 Å². The predicted molar refractivity (Wildman–Crippen MR) is 99.8 cm³/mol. The summed E-state index contributed by atoms with van der Waals surface area (Å²) in [5.41, 5.74) is -2.21. The molecule has 3 rings (SSSR count). The van der Waals surface area contributed by atoms with Gasteiger partial charge in [0.2, 0.25) is 0 Å². The SMILES string of the molecule is Cc1cc(C)nc(S(=O)(=O)O)n1.FC(F)(F)c1[c-]c(-c2ccccn2)cc(C(F)(F)F)c1.[Ir]. The Balaban J connectivity index is 0.000000361. The van der Waals surface area contributed by atoms with Crippen LogP contribution in [0, 0.1) is 19.9 Å². The summed E-state index contributed by atoms with van der Waals surface area (Å²) < 4.78 is 106. The van der Waals surface area contributed by atoms with Crippen molar-refractivity contribution in [2.45, 2.75) is 31.4 Å². The smallest absolute Gasteiger partial charge is 0.305 e. The number of aromatic nitrogens is 3. The average molecular weight is 671 g/mol. The van der Waals surface area contributed by atoms with Crippen LogP contribution in [0.1, 0.15) is 22.5 Å². The Kier molecular flexibility index (Phi) is 9.26. The van der Waals surface area contributed by atoms with Crippen LogP contribution in [0.15, 0.2) is 47.8 Å². The molecule has 1 aromatic carbocycles. The van der Waals surface area contributed by atoms with Crippen LogP contribution in [-0.4, -0.2) is 27.9 Å². The maximum atomic E-state index is 12.7. The van der Waals surface area contributed by atoms with Crippen molar-refractivity contribution >= 4 is 10.1 Å². The van der Waals surface area contributed by atoms with E-state index in [1.807, 2.05) is 6.07 Å². The Bertz CT molecular complexity index is 1150. The van der Waals surface area contributed by atoms with E-state index in [1.165, 1.54) is 24.4 Å². The van der Waals surface area contributed by atoms with E-state index in [-0.39, 0.29) is 37.4 Å². The minimum Gasteiger partial charge on any atom is -0.305 e. The normalized spacial score (nSPS) is 11.8. The molecule has 0 unspecified atom stereocenters. The maximum Gasteiger partial charge on any atom is 0.399 e. The third kappa shape index (κ3) is 8.46. The van der Waals surface area contributed by atoms with Gasteiger partial charge in [-0.05, 0) is 42.8 Å². The van der Waals surface area contributed by atoms with Gasteiger partial charge < -0.3 is 4.98 Å². The summed E-state index contributed by atoms with van der Waals surface area (Å²) in [5.74, 6) is 0. The third-order valence-electron chi connectivity index (χ3n) is 3.64. The standard InChI is InChI=1S/C13H6F6N.C6H8N2O3S.Ir/c14-12(15,16)9-5-8(11-3-1-2-4-20-11)6-10(7-9)13(17,18)19;1-4-3-5(2)8-6(7-4)12(9,10)11;/h1-5,7H;3H,1-2H3,(H,9,10,11);/q-1;;. The first-order chi connectivity index (χ1) is 14.6. The number of nitrogens with zero attached hydrogens (tertiary/aromatic N) is 3. The van der Waals surface area contributed by atoms with Crippen molar-refractivity contribution < 1.29 is 59.4 Å². The van der Waals surface area contributed by atoms with Crippen LogP contribution in [0.4, 0.5) is 26.3 Å². The van der Waals surface area contributed by atoms with Gasteiger partial charge >= 0.3 is 22.5 Å². The number of aryl methyl sites for hydroxylation is 2. The minimum absolute atomic E-state index is 0. The van der Waals surface area contributed by atoms with Crippen molar-refractivity contribution in [2.75, 3.05) is 0 Å². The van der Waals surface area contributed by atoms with E-state index in [4.69, 9.17) is 4.55 Å². The molecule has 0 bridgehead atoms. The van der Waals surface area contributed by atoms with Crippen molar-refractivity contribution in [3.8, 4) is 11.3 Å². The molecule has 0 fully saturated rings. The molecule has 0 aliphatic heterocycles. The van der Waals surface area contributed by atoms with Crippen molar-refractivity contribution in [1.82, 2.24) is 15.0 Å². The number of rotatable bonds is 2. The van der Waals surface area contributed by atoms with E-state index in [0.717, 1.165) is 0 Å². The monoisotopic (exact) mass is 671 g/mol. The third-order valence-corrected chi connectivity index (χ3v) is 4.28. The molecule has 181 valence electrons. The molecule has 0 saturated carbocycles. The quantitative estimate of drug-likeness (QED) is 0.180. The second-order valence-electron chi connectivity index (χ2n) is 6.32. The number of hydrogen-bond donors (Lipinski definition) is 1. The van der Waals surface area contributed by atoms with Crippen LogP contribution < -0.4 is 0 Å². The summed E-state index contributed by atoms with van der Waals surface area (Å²) >= 11 is 0. The fraction of sp³-hybridized carbons (Fsp3) is 0.211. The summed E-state index contributed by atoms with van der Waals surface area (Å²) in [6, 6.07) is 8.45. The van der Waals surface area contributed by atoms with Crippen molar-refractivity contribution in [3.63, 3.8) is 0 Å². The van der Waals surface area contributed by atoms with E-state index >= 15 is 0 Å². The molecule has 0 amide bonds. The summed E-state index contributed by atoms with van der Waals surface area (Å²) in [7, 11) is -4.27. The fourth-order valence-corrected chi connectivity index (χ4v) is 2.87. The fourth-order valence-electron chi connectivity index (χ4n) is 2.36. The molecule has 0 aliphatic rings. The van der Waals surface area contributed by atoms with Crippen LogP contribution in [-0.2, 0) is 42.6 Å². The van der Waals surface area contributed by atoms with E-state index in [9.17, 15) is 34.8 Å². The summed E-state index contributed by atoms with van der Waals surface area (Å²) in [6.07, 6.45) is -8.51. The molecule has 1 N–H and O–H groups in total. The summed E-state index contributed by atoms with van der Waals surface area (Å²) in [6.45, 7) is 3.26. The van der Waals surface area contributed by atoms with Crippen LogP contribution in [0.25, 0.3) is 11.3 Å². The van der Waals surface area contributed by atoms with Gasteiger partial charge in [0, 0.05) is 37.7 Å². The number of benzene rings is 1. The zero-order chi connectivity index (χ0) is 24.3. The Hall–Kier alpha value is -2.41. The Labute approximate surface area is 198 Å². The van der Waals surface area contributed by atoms with Crippen LogP contribution >= 0.6 is 0 Å². The molecular weight excluding hydrogens is 656 g/mol. The molecule has 3 aromatic rings. The molecule has 2 aromatic heterocycles. The summed E-state index contributed by atoms with van der Waals surface area (Å²) in [4.78, 5) is 10.8. The van der Waals surface area contributed by atoms with Gasteiger partial charge in [0.25, 0.3) is 5.16 Å². The molecule has 33 heavy (non-hydrogen) atoms. The van der Waals surface area contributed by atoms with Gasteiger partial charge in [-0.15, -0.1) is 23.8 Å². The molecule has 6 nitrogen and oxygen atoms in total. The molecule has 0 atom stereocenters. The molecule has 0 aliphatic carbocycles. The van der Waals surface area contributed by atoms with Gasteiger partial charge in [-0.2, -0.15) is 34.8 Å². The Morgan fingerprint density at radius 1 is 0.909 bits per heavy atom. The van der Waals surface area contributed by atoms with E-state index < -0.39 is 38.8 Å². The number of halogens is 6. The Morgan fingerprint density at radius 3 is 1.91 bits per heavy atom. The largest absolute Gasteiger partial charge is 0.399 e. The second kappa shape index (κ2) is 10.7. The second-order valence-corrected chi connectivity index (χ2v) is 7.63. The first-order valence-corrected chi connectivity index (χ1v) is 9.94. The Morgan fingerprint density at radius 2 is 1.48 bits per heavy atom. The molecule has 0 saturated heterocycles. The first-order valence-electron chi connectivity index (χ1n) is 8.50. The van der Waals surface area contributed by atoms with Crippen LogP contribution in [0.3, 0.4) is 0 Å². The minimum atomic E-state index is -4.91. The van der Waals surface area contributed by atoms with Gasteiger partial charge in [0.1, 0.15) is 0 Å². The van der Waals surface area contributed by atoms with E-state index in [1.54, 1.807) is 19.9 Å². The number of alkyl halides is 6. The molecule has 0 spiro atoms. The molecule has 1 radical (unpaired) electrons. The maximum absolute atomic E-state index is 12.7. The predicted octanol–water partition coefficient (Wildman–Crippen LogP) is 4.92. The van der Waals surface area contributed by atoms with Gasteiger partial charge in [-0.25, -0.2) is 9.97 Å². The van der Waals surface area contributed by atoms with E-state index in [2.05, 4.69) is 15.0 Å². The van der Waals surface area contributed by atoms with Gasteiger partial charge in [0.05, 0.1) is 0 Å². The van der Waals surface area contributed by atoms with Crippen molar-refractivity contribution in [2.24, 2.45) is 0 Å². The number of hydrogen-bond acceptors (Lipinski definition) is 5. The number of pyridine rings is 1. The van der Waals surface area contributed by atoms with E-state index in [0.29, 0.717) is 17.5 Å². The topological polar surface area (TPSA) is 93.0 Å². The van der Waals surface area contributed by atoms with Gasteiger partial charge in [-0.1, -0.05) is 12.1 Å². The zero-order valence-electron chi connectivity index (χ0n) is 16.7. The van der Waals surface area contributed by atoms with Gasteiger partial charge in [0.15, 0.2) is 0 Å².